The molecule has 1 aromatic rings. The molecule has 0 bridgehead atoms. The third-order valence-corrected chi connectivity index (χ3v) is 1.21. The molecule has 1 aromatic heterocycles. The van der Waals surface area contributed by atoms with Crippen LogP contribution in [0.3, 0.4) is 0 Å². The molecule has 0 radical (unpaired) electrons. The number of nitrogens with two attached hydrogens (primary N) is 1. The number of pyridine rings is 1. The van der Waals surface area contributed by atoms with Crippen molar-refractivity contribution in [2.75, 3.05) is 0 Å². The SMILES string of the molecule is C/C(N)=C/C=Nc1cccnc1. The molecule has 0 aromatic carbocycles. The summed E-state index contributed by atoms with van der Waals surface area (Å²) in [6, 6.07) is 3.72. The van der Waals surface area contributed by atoms with Crippen LogP contribution >= 0.6 is 0 Å². The molecule has 0 fully saturated rings. The maximum absolute atomic E-state index is 5.41. The van der Waals surface area contributed by atoms with Gasteiger partial charge in [-0.25, -0.2) is 0 Å². The molecule has 0 aliphatic heterocycles. The van der Waals surface area contributed by atoms with Crippen LogP contribution in [-0.4, -0.2) is 11.2 Å². The van der Waals surface area contributed by atoms with Gasteiger partial charge in [-0.3, -0.25) is 9.98 Å². The van der Waals surface area contributed by atoms with E-state index >= 15 is 0 Å². The Labute approximate surface area is 71.7 Å². The number of aliphatic imine (C=N–C) groups is 1. The summed E-state index contributed by atoms with van der Waals surface area (Å²) in [4.78, 5) is 8.02. The average molecular weight is 161 g/mol. The second kappa shape index (κ2) is 4.28. The van der Waals surface area contributed by atoms with Gasteiger partial charge in [-0.15, -0.1) is 0 Å². The molecule has 3 heteroatoms. The van der Waals surface area contributed by atoms with Crippen molar-refractivity contribution in [2.24, 2.45) is 10.7 Å². The monoisotopic (exact) mass is 161 g/mol. The summed E-state index contributed by atoms with van der Waals surface area (Å²) in [7, 11) is 0. The minimum atomic E-state index is 0.739. The quantitative estimate of drug-likeness (QED) is 0.670. The lowest BCUT2D eigenvalue weighted by Gasteiger charge is -1.88. The first kappa shape index (κ1) is 8.46. The van der Waals surface area contributed by atoms with E-state index in [2.05, 4.69) is 9.98 Å². The molecule has 0 atom stereocenters. The molecule has 0 amide bonds. The first-order valence-electron chi connectivity index (χ1n) is 3.65. The second-order valence-electron chi connectivity index (χ2n) is 2.40. The largest absolute Gasteiger partial charge is 0.402 e. The van der Waals surface area contributed by atoms with Crippen LogP contribution in [0.5, 0.6) is 0 Å². The van der Waals surface area contributed by atoms with Gasteiger partial charge in [0.05, 0.1) is 11.9 Å². The van der Waals surface area contributed by atoms with Crippen molar-refractivity contribution in [1.29, 1.82) is 0 Å². The van der Waals surface area contributed by atoms with Gasteiger partial charge in [0.2, 0.25) is 0 Å². The summed E-state index contributed by atoms with van der Waals surface area (Å²) < 4.78 is 0. The third kappa shape index (κ3) is 2.96. The van der Waals surface area contributed by atoms with Gasteiger partial charge in [0.15, 0.2) is 0 Å². The Bertz CT molecular complexity index is 284. The molecule has 0 spiro atoms. The first-order chi connectivity index (χ1) is 5.79. The fourth-order valence-electron chi connectivity index (χ4n) is 0.671. The van der Waals surface area contributed by atoms with Crippen LogP contribution < -0.4 is 5.73 Å². The molecule has 0 saturated carbocycles. The van der Waals surface area contributed by atoms with Gasteiger partial charge in [0.1, 0.15) is 0 Å². The van der Waals surface area contributed by atoms with E-state index in [9.17, 15) is 0 Å². The Hall–Kier alpha value is -1.64. The van der Waals surface area contributed by atoms with Crippen LogP contribution in [0, 0.1) is 0 Å². The Morgan fingerprint density at radius 2 is 2.50 bits per heavy atom. The lowest BCUT2D eigenvalue weighted by molar-refractivity contribution is 1.30. The molecule has 1 heterocycles. The van der Waals surface area contributed by atoms with Crippen molar-refractivity contribution >= 4 is 11.9 Å². The molecular formula is C9H11N3. The summed E-state index contributed by atoms with van der Waals surface area (Å²) in [6.45, 7) is 1.81. The Kier molecular flexibility index (Phi) is 3.02. The number of hydrogen-bond donors (Lipinski definition) is 1. The molecule has 0 aliphatic carbocycles. The molecule has 62 valence electrons. The maximum Gasteiger partial charge on any atom is 0.0812 e. The van der Waals surface area contributed by atoms with E-state index < -0.39 is 0 Å². The topological polar surface area (TPSA) is 51.3 Å². The van der Waals surface area contributed by atoms with E-state index in [1.807, 2.05) is 19.1 Å². The van der Waals surface area contributed by atoms with Gasteiger partial charge >= 0.3 is 0 Å². The molecule has 1 rings (SSSR count). The minimum absolute atomic E-state index is 0.739. The van der Waals surface area contributed by atoms with E-state index in [1.54, 1.807) is 24.7 Å². The molecule has 2 N–H and O–H groups in total. The molecule has 12 heavy (non-hydrogen) atoms. The Balaban J connectivity index is 2.64. The smallest absolute Gasteiger partial charge is 0.0812 e. The number of aromatic nitrogens is 1. The predicted octanol–water partition coefficient (Wildman–Crippen LogP) is 1.65. The molecule has 3 nitrogen and oxygen atoms in total. The van der Waals surface area contributed by atoms with Crippen molar-refractivity contribution < 1.29 is 0 Å². The minimum Gasteiger partial charge on any atom is -0.402 e. The molecular weight excluding hydrogens is 150 g/mol. The van der Waals surface area contributed by atoms with E-state index in [0.717, 1.165) is 11.4 Å². The highest BCUT2D eigenvalue weighted by atomic mass is 14.8. The lowest BCUT2D eigenvalue weighted by Crippen LogP contribution is -1.89. The van der Waals surface area contributed by atoms with E-state index in [-0.39, 0.29) is 0 Å². The van der Waals surface area contributed by atoms with Gasteiger partial charge in [-0.05, 0) is 25.1 Å². The first-order valence-corrected chi connectivity index (χ1v) is 3.65. The van der Waals surface area contributed by atoms with Crippen LogP contribution in [0.25, 0.3) is 0 Å². The summed E-state index contributed by atoms with van der Waals surface area (Å²) >= 11 is 0. The summed E-state index contributed by atoms with van der Waals surface area (Å²) in [5, 5.41) is 0. The van der Waals surface area contributed by atoms with Crippen molar-refractivity contribution in [3.8, 4) is 0 Å². The lowest BCUT2D eigenvalue weighted by atomic mass is 10.4. The molecule has 0 aliphatic rings. The number of hydrogen-bond acceptors (Lipinski definition) is 3. The van der Waals surface area contributed by atoms with E-state index in [1.165, 1.54) is 0 Å². The van der Waals surface area contributed by atoms with Crippen molar-refractivity contribution in [2.45, 2.75) is 6.92 Å². The normalized spacial score (nSPS) is 12.2. The highest BCUT2D eigenvalue weighted by molar-refractivity contribution is 5.74. The van der Waals surface area contributed by atoms with E-state index in [0.29, 0.717) is 0 Å². The predicted molar refractivity (Wildman–Crippen MR) is 50.3 cm³/mol. The molecule has 0 unspecified atom stereocenters. The zero-order chi connectivity index (χ0) is 8.81. The van der Waals surface area contributed by atoms with Crippen molar-refractivity contribution in [1.82, 2.24) is 4.98 Å². The van der Waals surface area contributed by atoms with Crippen LogP contribution in [0.1, 0.15) is 6.92 Å². The number of nitrogens with zero attached hydrogens (tertiary/aromatic N) is 2. The van der Waals surface area contributed by atoms with Gasteiger partial charge in [0.25, 0.3) is 0 Å². The number of allylic oxidation sites excluding steroid dienone is 2. The van der Waals surface area contributed by atoms with Crippen LogP contribution in [0.15, 0.2) is 41.3 Å². The second-order valence-corrected chi connectivity index (χ2v) is 2.40. The fourth-order valence-corrected chi connectivity index (χ4v) is 0.671. The zero-order valence-electron chi connectivity index (χ0n) is 6.94. The average Bonchev–Trinajstić information content (AvgIpc) is 2.05. The van der Waals surface area contributed by atoms with Gasteiger partial charge in [-0.1, -0.05) is 0 Å². The zero-order valence-corrected chi connectivity index (χ0v) is 6.94. The number of rotatable bonds is 2. The van der Waals surface area contributed by atoms with E-state index in [4.69, 9.17) is 5.73 Å². The summed E-state index contributed by atoms with van der Waals surface area (Å²) in [5.74, 6) is 0. The third-order valence-electron chi connectivity index (χ3n) is 1.21. The Morgan fingerprint density at radius 3 is 3.08 bits per heavy atom. The van der Waals surface area contributed by atoms with Gasteiger partial charge < -0.3 is 5.73 Å². The highest BCUT2D eigenvalue weighted by Gasteiger charge is 1.81. The van der Waals surface area contributed by atoms with Gasteiger partial charge in [-0.2, -0.15) is 0 Å². The highest BCUT2D eigenvalue weighted by Crippen LogP contribution is 2.05. The maximum atomic E-state index is 5.41. The van der Waals surface area contributed by atoms with Crippen LogP contribution in [0.4, 0.5) is 5.69 Å². The standard InChI is InChI=1S/C9H11N3/c1-8(10)4-6-12-9-3-2-5-11-7-9/h2-7H,10H2,1H3/b8-4-,12-6?. The summed E-state index contributed by atoms with van der Waals surface area (Å²) in [5.41, 5.74) is 6.98. The Morgan fingerprint density at radius 1 is 1.67 bits per heavy atom. The van der Waals surface area contributed by atoms with Crippen LogP contribution in [-0.2, 0) is 0 Å². The molecule has 0 saturated heterocycles. The van der Waals surface area contributed by atoms with Gasteiger partial charge in [0, 0.05) is 18.1 Å². The van der Waals surface area contributed by atoms with Crippen LogP contribution in [0.2, 0.25) is 0 Å². The summed E-state index contributed by atoms with van der Waals surface area (Å²) in [6.07, 6.45) is 6.80. The van der Waals surface area contributed by atoms with Crippen molar-refractivity contribution in [3.05, 3.63) is 36.3 Å². The fraction of sp³-hybridized carbons (Fsp3) is 0.111. The van der Waals surface area contributed by atoms with Crippen molar-refractivity contribution in [3.63, 3.8) is 0 Å².